The van der Waals surface area contributed by atoms with Crippen molar-refractivity contribution in [2.75, 3.05) is 24.5 Å². The van der Waals surface area contributed by atoms with E-state index in [0.717, 1.165) is 17.6 Å². The Morgan fingerprint density at radius 2 is 2.21 bits per heavy atom. The Bertz CT molecular complexity index is 465. The van der Waals surface area contributed by atoms with E-state index in [1.807, 2.05) is 0 Å². The number of anilines is 1. The first kappa shape index (κ1) is 14.0. The molecule has 2 heterocycles. The Morgan fingerprint density at radius 1 is 1.37 bits per heavy atom. The van der Waals surface area contributed by atoms with Gasteiger partial charge in [-0.15, -0.1) is 0 Å². The van der Waals surface area contributed by atoms with Gasteiger partial charge in [-0.25, -0.2) is 0 Å². The lowest BCUT2D eigenvalue weighted by molar-refractivity contribution is 0.195. The lowest BCUT2D eigenvalue weighted by atomic mass is 10.0. The van der Waals surface area contributed by atoms with Crippen molar-refractivity contribution < 1.29 is 0 Å². The van der Waals surface area contributed by atoms with E-state index in [9.17, 15) is 0 Å². The van der Waals surface area contributed by atoms with E-state index >= 15 is 0 Å². The Hall–Kier alpha value is -0.0000000000000000555. The number of benzene rings is 1. The van der Waals surface area contributed by atoms with Crippen molar-refractivity contribution in [3.63, 3.8) is 0 Å². The average Bonchev–Trinajstić information content (AvgIpc) is 2.84. The van der Waals surface area contributed by atoms with Crippen molar-refractivity contribution in [3.05, 3.63) is 26.8 Å². The Morgan fingerprint density at radius 3 is 2.95 bits per heavy atom. The normalized spacial score (nSPS) is 27.6. The molecule has 3 rings (SSSR count). The van der Waals surface area contributed by atoms with Gasteiger partial charge >= 0.3 is 0 Å². The van der Waals surface area contributed by atoms with Crippen LogP contribution in [0.3, 0.4) is 0 Å². The van der Waals surface area contributed by atoms with Gasteiger partial charge in [0.25, 0.3) is 0 Å². The first-order chi connectivity index (χ1) is 9.19. The Balaban J connectivity index is 1.88. The number of fused-ring (bicyclic) bond motifs is 1. The molecule has 0 aliphatic carbocycles. The minimum atomic E-state index is 0.604. The predicted molar refractivity (Wildman–Crippen MR) is 90.2 cm³/mol. The van der Waals surface area contributed by atoms with Crippen LogP contribution >= 0.6 is 34.2 Å². The second-order valence-corrected chi connectivity index (χ2v) is 7.25. The van der Waals surface area contributed by atoms with Crippen LogP contribution in [-0.2, 0) is 0 Å². The summed E-state index contributed by atoms with van der Waals surface area (Å²) in [6.45, 7) is 5.91. The van der Waals surface area contributed by atoms with Crippen LogP contribution in [0.4, 0.5) is 5.69 Å². The Kier molecular flexibility index (Phi) is 4.25. The largest absolute Gasteiger partial charge is 0.364 e. The summed E-state index contributed by atoms with van der Waals surface area (Å²) in [4.78, 5) is 5.22. The minimum Gasteiger partial charge on any atom is -0.364 e. The van der Waals surface area contributed by atoms with Gasteiger partial charge in [0.1, 0.15) is 0 Å². The highest BCUT2D eigenvalue weighted by Crippen LogP contribution is 2.34. The number of rotatable bonds is 2. The third kappa shape index (κ3) is 2.74. The number of hydrogen-bond donors (Lipinski definition) is 0. The van der Waals surface area contributed by atoms with Gasteiger partial charge < -0.3 is 4.90 Å². The molecule has 2 aliphatic rings. The molecular weight excluding hydrogens is 371 g/mol. The van der Waals surface area contributed by atoms with Crippen molar-refractivity contribution in [3.8, 4) is 0 Å². The Labute approximate surface area is 134 Å². The summed E-state index contributed by atoms with van der Waals surface area (Å²) < 4.78 is 1.21. The molecule has 2 aliphatic heterocycles. The molecule has 2 atom stereocenters. The maximum absolute atomic E-state index is 6.47. The van der Waals surface area contributed by atoms with Gasteiger partial charge in [-0.1, -0.05) is 18.5 Å². The van der Waals surface area contributed by atoms with E-state index in [-0.39, 0.29) is 0 Å². The number of hydrogen-bond acceptors (Lipinski definition) is 2. The van der Waals surface area contributed by atoms with Crippen molar-refractivity contribution in [1.82, 2.24) is 4.90 Å². The van der Waals surface area contributed by atoms with E-state index in [0.29, 0.717) is 6.04 Å². The molecule has 0 amide bonds. The molecule has 2 saturated heterocycles. The fourth-order valence-electron chi connectivity index (χ4n) is 3.45. The van der Waals surface area contributed by atoms with E-state index in [1.54, 1.807) is 0 Å². The molecule has 0 spiro atoms. The van der Waals surface area contributed by atoms with Gasteiger partial charge in [0.05, 0.1) is 10.7 Å². The summed E-state index contributed by atoms with van der Waals surface area (Å²) in [7, 11) is 0. The van der Waals surface area contributed by atoms with Crippen LogP contribution in [0.2, 0.25) is 5.02 Å². The molecule has 1 aromatic rings. The predicted octanol–water partition coefficient (Wildman–Crippen LogP) is 4.01. The lowest BCUT2D eigenvalue weighted by Crippen LogP contribution is -2.56. The number of piperazine rings is 1. The molecule has 0 bridgehead atoms. The molecule has 0 aromatic heterocycles. The van der Waals surface area contributed by atoms with Crippen LogP contribution in [0.25, 0.3) is 0 Å². The zero-order valence-corrected chi connectivity index (χ0v) is 14.2. The first-order valence-electron chi connectivity index (χ1n) is 7.14. The molecule has 2 nitrogen and oxygen atoms in total. The molecule has 0 N–H and O–H groups in total. The van der Waals surface area contributed by atoms with Crippen LogP contribution < -0.4 is 4.90 Å². The SMILES string of the molecule is CCC1CN2CCCC2CN1c1ccc(I)cc1Cl. The highest BCUT2D eigenvalue weighted by atomic mass is 127. The molecule has 0 saturated carbocycles. The first-order valence-corrected chi connectivity index (χ1v) is 8.60. The number of halogens is 2. The van der Waals surface area contributed by atoms with E-state index in [4.69, 9.17) is 11.6 Å². The summed E-state index contributed by atoms with van der Waals surface area (Å²) in [5, 5.41) is 0.900. The highest BCUT2D eigenvalue weighted by Gasteiger charge is 2.36. The second kappa shape index (κ2) is 5.78. The van der Waals surface area contributed by atoms with Gasteiger partial charge in [0.15, 0.2) is 0 Å². The summed E-state index contributed by atoms with van der Waals surface area (Å²) in [5.74, 6) is 0. The third-order valence-corrected chi connectivity index (χ3v) is 5.46. The maximum Gasteiger partial charge on any atom is 0.0650 e. The lowest BCUT2D eigenvalue weighted by Gasteiger charge is -2.45. The molecule has 4 heteroatoms. The standard InChI is InChI=1S/C15H20ClIN2/c1-2-12-9-18-7-3-4-13(18)10-19(12)15-6-5-11(17)8-14(15)16/h5-6,8,12-13H,2-4,7,9-10H2,1H3. The summed E-state index contributed by atoms with van der Waals surface area (Å²) in [5.41, 5.74) is 1.22. The zero-order chi connectivity index (χ0) is 13.4. The molecule has 19 heavy (non-hydrogen) atoms. The summed E-state index contributed by atoms with van der Waals surface area (Å²) in [6, 6.07) is 7.77. The van der Waals surface area contributed by atoms with Crippen LogP contribution in [-0.4, -0.2) is 36.6 Å². The van der Waals surface area contributed by atoms with Gasteiger partial charge in [0, 0.05) is 28.7 Å². The summed E-state index contributed by atoms with van der Waals surface area (Å²) in [6.07, 6.45) is 3.88. The monoisotopic (exact) mass is 390 g/mol. The topological polar surface area (TPSA) is 6.48 Å². The fourth-order valence-corrected chi connectivity index (χ4v) is 4.41. The molecular formula is C15H20ClIN2. The van der Waals surface area contributed by atoms with Crippen LogP contribution in [0.1, 0.15) is 26.2 Å². The zero-order valence-electron chi connectivity index (χ0n) is 11.3. The quantitative estimate of drug-likeness (QED) is 0.704. The van der Waals surface area contributed by atoms with Gasteiger partial charge in [-0.3, -0.25) is 4.90 Å². The second-order valence-electron chi connectivity index (χ2n) is 5.60. The highest BCUT2D eigenvalue weighted by molar-refractivity contribution is 14.1. The summed E-state index contributed by atoms with van der Waals surface area (Å²) >= 11 is 8.79. The van der Waals surface area contributed by atoms with Crippen LogP contribution in [0, 0.1) is 3.57 Å². The molecule has 2 unspecified atom stereocenters. The third-order valence-electron chi connectivity index (χ3n) is 4.48. The molecule has 2 fully saturated rings. The van der Waals surface area contributed by atoms with Gasteiger partial charge in [-0.05, 0) is 66.6 Å². The van der Waals surface area contributed by atoms with E-state index < -0.39 is 0 Å². The molecule has 104 valence electrons. The van der Waals surface area contributed by atoms with Crippen molar-refractivity contribution >= 4 is 39.9 Å². The molecule has 0 radical (unpaired) electrons. The fraction of sp³-hybridized carbons (Fsp3) is 0.600. The van der Waals surface area contributed by atoms with Crippen LogP contribution in [0.15, 0.2) is 18.2 Å². The van der Waals surface area contributed by atoms with Crippen molar-refractivity contribution in [1.29, 1.82) is 0 Å². The van der Waals surface area contributed by atoms with Gasteiger partial charge in [0.2, 0.25) is 0 Å². The van der Waals surface area contributed by atoms with E-state index in [1.165, 1.54) is 41.6 Å². The van der Waals surface area contributed by atoms with Crippen molar-refractivity contribution in [2.24, 2.45) is 0 Å². The minimum absolute atomic E-state index is 0.604. The van der Waals surface area contributed by atoms with E-state index in [2.05, 4.69) is 57.5 Å². The smallest absolute Gasteiger partial charge is 0.0650 e. The van der Waals surface area contributed by atoms with Crippen LogP contribution in [0.5, 0.6) is 0 Å². The maximum atomic E-state index is 6.47. The average molecular weight is 391 g/mol. The van der Waals surface area contributed by atoms with Gasteiger partial charge in [-0.2, -0.15) is 0 Å². The van der Waals surface area contributed by atoms with Crippen molar-refractivity contribution in [2.45, 2.75) is 38.3 Å². The molecule has 1 aromatic carbocycles. The number of nitrogens with zero attached hydrogens (tertiary/aromatic N) is 2.